The normalized spacial score (nSPS) is 11.4. The van der Waals surface area contributed by atoms with Crippen molar-refractivity contribution in [3.63, 3.8) is 0 Å². The summed E-state index contributed by atoms with van der Waals surface area (Å²) in [5.41, 5.74) is 1.19. The number of rotatable bonds is 5. The van der Waals surface area contributed by atoms with E-state index in [1.807, 2.05) is 0 Å². The Morgan fingerprint density at radius 3 is 2.50 bits per heavy atom. The van der Waals surface area contributed by atoms with Gasteiger partial charge in [0.25, 0.3) is 0 Å². The van der Waals surface area contributed by atoms with Crippen molar-refractivity contribution < 1.29 is 27.4 Å². The second-order valence-corrected chi connectivity index (χ2v) is 3.70. The number of carbonyl (C=O) groups excluding carboxylic acids is 1. The quantitative estimate of drug-likeness (QED) is 0.604. The monoisotopic (exact) mass is 262 g/mol. The van der Waals surface area contributed by atoms with Gasteiger partial charge in [0.1, 0.15) is 12.4 Å². The highest BCUT2D eigenvalue weighted by Crippen LogP contribution is 2.21. The highest BCUT2D eigenvalue weighted by atomic mass is 19.4. The number of benzene rings is 1. The summed E-state index contributed by atoms with van der Waals surface area (Å²) in [5.74, 6) is 0.0648. The van der Waals surface area contributed by atoms with Crippen LogP contribution < -0.4 is 4.74 Å². The van der Waals surface area contributed by atoms with Gasteiger partial charge in [-0.25, -0.2) is 0 Å². The number of hydrogen-bond donors (Lipinski definition) is 0. The van der Waals surface area contributed by atoms with Crippen molar-refractivity contribution in [1.82, 2.24) is 0 Å². The maximum absolute atomic E-state index is 11.7. The fourth-order valence-corrected chi connectivity index (χ4v) is 1.35. The molecule has 100 valence electrons. The molecule has 0 unspecified atom stereocenters. The summed E-state index contributed by atoms with van der Waals surface area (Å²) >= 11 is 0. The smallest absolute Gasteiger partial charge is 0.490 e. The number of carbonyl (C=O) groups is 1. The van der Waals surface area contributed by atoms with E-state index in [2.05, 4.69) is 4.74 Å². The molecule has 0 saturated heterocycles. The van der Waals surface area contributed by atoms with Crippen molar-refractivity contribution in [2.75, 3.05) is 13.2 Å². The summed E-state index contributed by atoms with van der Waals surface area (Å²) in [6, 6.07) is 4.91. The van der Waals surface area contributed by atoms with Crippen molar-refractivity contribution >= 4 is 5.78 Å². The molecule has 0 N–H and O–H groups in total. The summed E-state index contributed by atoms with van der Waals surface area (Å²) in [6.07, 6.45) is -4.67. The van der Waals surface area contributed by atoms with Crippen LogP contribution in [-0.2, 0) is 4.74 Å². The molecule has 0 radical (unpaired) electrons. The summed E-state index contributed by atoms with van der Waals surface area (Å²) in [7, 11) is 0. The highest BCUT2D eigenvalue weighted by molar-refractivity contribution is 5.96. The third-order valence-electron chi connectivity index (χ3n) is 2.12. The van der Waals surface area contributed by atoms with E-state index >= 15 is 0 Å². The molecule has 3 nitrogen and oxygen atoms in total. The molecule has 0 aliphatic rings. The van der Waals surface area contributed by atoms with Crippen LogP contribution in [0.4, 0.5) is 13.2 Å². The van der Waals surface area contributed by atoms with Gasteiger partial charge in [0.2, 0.25) is 0 Å². The molecule has 6 heteroatoms. The number of halogens is 3. The van der Waals surface area contributed by atoms with E-state index in [9.17, 15) is 18.0 Å². The van der Waals surface area contributed by atoms with E-state index in [4.69, 9.17) is 4.74 Å². The molecule has 0 fully saturated rings. The Hall–Kier alpha value is -1.56. The Morgan fingerprint density at radius 2 is 1.94 bits per heavy atom. The van der Waals surface area contributed by atoms with E-state index in [1.54, 1.807) is 25.1 Å². The number of alkyl halides is 3. The predicted octanol–water partition coefficient (Wildman–Crippen LogP) is 3.11. The van der Waals surface area contributed by atoms with Gasteiger partial charge in [-0.05, 0) is 31.5 Å². The van der Waals surface area contributed by atoms with Crippen molar-refractivity contribution in [2.24, 2.45) is 0 Å². The van der Waals surface area contributed by atoms with E-state index in [0.717, 1.165) is 5.56 Å². The molecule has 18 heavy (non-hydrogen) atoms. The molecule has 0 atom stereocenters. The molecule has 0 amide bonds. The van der Waals surface area contributed by atoms with Crippen LogP contribution in [0.1, 0.15) is 22.8 Å². The van der Waals surface area contributed by atoms with Crippen LogP contribution in [0.25, 0.3) is 0 Å². The van der Waals surface area contributed by atoms with Crippen LogP contribution in [0.5, 0.6) is 5.75 Å². The number of hydrogen-bond acceptors (Lipinski definition) is 3. The maximum atomic E-state index is 11.7. The van der Waals surface area contributed by atoms with E-state index < -0.39 is 13.0 Å². The van der Waals surface area contributed by atoms with Gasteiger partial charge in [-0.15, -0.1) is 13.2 Å². The molecule has 0 aromatic heterocycles. The molecule has 0 aliphatic carbocycles. The molecular formula is C12H13F3O3. The molecule has 1 rings (SSSR count). The van der Waals surface area contributed by atoms with Crippen molar-refractivity contribution in [1.29, 1.82) is 0 Å². The molecular weight excluding hydrogens is 249 g/mol. The van der Waals surface area contributed by atoms with Crippen LogP contribution in [0.2, 0.25) is 0 Å². The second-order valence-electron chi connectivity index (χ2n) is 3.70. The highest BCUT2D eigenvalue weighted by Gasteiger charge is 2.28. The van der Waals surface area contributed by atoms with Gasteiger partial charge in [0.05, 0.1) is 12.2 Å². The number of aryl methyl sites for hydroxylation is 1. The average molecular weight is 262 g/mol. The van der Waals surface area contributed by atoms with Crippen molar-refractivity contribution in [3.05, 3.63) is 29.3 Å². The van der Waals surface area contributed by atoms with Crippen LogP contribution in [0, 0.1) is 6.92 Å². The van der Waals surface area contributed by atoms with Gasteiger partial charge in [-0.2, -0.15) is 0 Å². The maximum Gasteiger partial charge on any atom is 0.522 e. The Balaban J connectivity index is 2.61. The second kappa shape index (κ2) is 5.86. The van der Waals surface area contributed by atoms with Gasteiger partial charge in [-0.3, -0.25) is 9.53 Å². The fourth-order valence-electron chi connectivity index (χ4n) is 1.35. The molecule has 0 saturated carbocycles. The topological polar surface area (TPSA) is 35.5 Å². The van der Waals surface area contributed by atoms with E-state index in [1.165, 1.54) is 6.92 Å². The average Bonchev–Trinajstić information content (AvgIpc) is 2.22. The molecule has 0 heterocycles. The fraction of sp³-hybridized carbons (Fsp3) is 0.417. The van der Waals surface area contributed by atoms with E-state index in [-0.39, 0.29) is 18.1 Å². The first-order chi connectivity index (χ1) is 8.29. The van der Waals surface area contributed by atoms with Crippen LogP contribution >= 0.6 is 0 Å². The van der Waals surface area contributed by atoms with Gasteiger partial charge in [0.15, 0.2) is 5.78 Å². The predicted molar refractivity (Wildman–Crippen MR) is 58.7 cm³/mol. The summed E-state index contributed by atoms with van der Waals surface area (Å²) < 4.78 is 43.9. The zero-order chi connectivity index (χ0) is 13.8. The molecule has 0 aliphatic heterocycles. The summed E-state index contributed by atoms with van der Waals surface area (Å²) in [6.45, 7) is 2.27. The summed E-state index contributed by atoms with van der Waals surface area (Å²) in [4.78, 5) is 11.3. The largest absolute Gasteiger partial charge is 0.522 e. The Kier molecular flexibility index (Phi) is 4.72. The third kappa shape index (κ3) is 4.75. The van der Waals surface area contributed by atoms with Gasteiger partial charge in [0, 0.05) is 0 Å². The minimum atomic E-state index is -4.67. The zero-order valence-corrected chi connectivity index (χ0v) is 10.0. The van der Waals surface area contributed by atoms with Gasteiger partial charge < -0.3 is 4.74 Å². The molecule has 0 spiro atoms. The molecule has 1 aromatic carbocycles. The minimum absolute atomic E-state index is 0.207. The minimum Gasteiger partial charge on any atom is -0.490 e. The number of ketones is 1. The number of ether oxygens (including phenoxy) is 2. The SMILES string of the molecule is CC(=O)c1ccc(C)cc1OCCOC(F)(F)F. The first-order valence-corrected chi connectivity index (χ1v) is 5.24. The summed E-state index contributed by atoms with van der Waals surface area (Å²) in [5, 5.41) is 0. The van der Waals surface area contributed by atoms with Crippen LogP contribution in [0.15, 0.2) is 18.2 Å². The Morgan fingerprint density at radius 1 is 1.28 bits per heavy atom. The van der Waals surface area contributed by atoms with Gasteiger partial charge in [-0.1, -0.05) is 6.07 Å². The van der Waals surface area contributed by atoms with Crippen molar-refractivity contribution in [3.8, 4) is 5.75 Å². The number of Topliss-reactive ketones (excluding diaryl/α,β-unsaturated/α-hetero) is 1. The first kappa shape index (κ1) is 14.5. The standard InChI is InChI=1S/C12H13F3O3/c1-8-3-4-10(9(2)16)11(7-8)17-5-6-18-12(13,14)15/h3-4,7H,5-6H2,1-2H3. The van der Waals surface area contributed by atoms with E-state index in [0.29, 0.717) is 5.56 Å². The lowest BCUT2D eigenvalue weighted by Crippen LogP contribution is -2.18. The lowest BCUT2D eigenvalue weighted by atomic mass is 10.1. The molecule has 0 bridgehead atoms. The van der Waals surface area contributed by atoms with Crippen molar-refractivity contribution in [2.45, 2.75) is 20.2 Å². The lowest BCUT2D eigenvalue weighted by molar-refractivity contribution is -0.325. The first-order valence-electron chi connectivity index (χ1n) is 5.24. The lowest BCUT2D eigenvalue weighted by Gasteiger charge is -2.11. The van der Waals surface area contributed by atoms with Crippen LogP contribution in [-0.4, -0.2) is 25.4 Å². The Labute approximate surface area is 103 Å². The molecule has 1 aromatic rings. The third-order valence-corrected chi connectivity index (χ3v) is 2.12. The Bertz CT molecular complexity index is 427. The zero-order valence-electron chi connectivity index (χ0n) is 10.0. The van der Waals surface area contributed by atoms with Gasteiger partial charge >= 0.3 is 6.36 Å². The van der Waals surface area contributed by atoms with Crippen LogP contribution in [0.3, 0.4) is 0 Å².